The lowest BCUT2D eigenvalue weighted by Crippen LogP contribution is -1.88. The van der Waals surface area contributed by atoms with Gasteiger partial charge in [-0.3, -0.25) is 0 Å². The van der Waals surface area contributed by atoms with E-state index >= 15 is 0 Å². The highest BCUT2D eigenvalue weighted by Gasteiger charge is 2.13. The summed E-state index contributed by atoms with van der Waals surface area (Å²) in [4.78, 5) is 0. The average Bonchev–Trinajstić information content (AvgIpc) is 2.01. The number of aromatic hydroxyl groups is 1. The van der Waals surface area contributed by atoms with Gasteiger partial charge in [0.15, 0.2) is 11.5 Å². The maximum Gasteiger partial charge on any atom is 0.154 e. The molecule has 0 unspecified atom stereocenters. The lowest BCUT2D eigenvalue weighted by Gasteiger charge is -2.08. The number of benzene rings is 1. The lowest BCUT2D eigenvalue weighted by atomic mass is 10.3. The molecular weight excluding hydrogens is 314 g/mol. The van der Waals surface area contributed by atoms with Gasteiger partial charge in [0.1, 0.15) is 0 Å². The summed E-state index contributed by atoms with van der Waals surface area (Å²) < 4.78 is 5.47. The Balaban J connectivity index is 3.40. The quantitative estimate of drug-likeness (QED) is 0.805. The molecule has 0 radical (unpaired) electrons. The van der Waals surface area contributed by atoms with Crippen LogP contribution in [0.15, 0.2) is 6.07 Å². The molecule has 12 heavy (non-hydrogen) atoms. The third-order valence-electron chi connectivity index (χ3n) is 1.31. The summed E-state index contributed by atoms with van der Waals surface area (Å²) in [5, 5.41) is 9.98. The van der Waals surface area contributed by atoms with E-state index in [0.717, 1.165) is 0 Å². The highest BCUT2D eigenvalue weighted by Crippen LogP contribution is 2.40. The zero-order valence-electron chi connectivity index (χ0n) is 6.07. The summed E-state index contributed by atoms with van der Waals surface area (Å²) in [6, 6.07) is 1.44. The Hall–Kier alpha value is 0.130. The topological polar surface area (TPSA) is 29.5 Å². The number of hydrogen-bond acceptors (Lipinski definition) is 2. The summed E-state index contributed by atoms with van der Waals surface area (Å²) >= 11 is 13.3. The van der Waals surface area contributed by atoms with Gasteiger partial charge in [0.2, 0.25) is 0 Å². The van der Waals surface area contributed by atoms with Crippen LogP contribution in [0.2, 0.25) is 10.0 Å². The van der Waals surface area contributed by atoms with E-state index in [1.54, 1.807) is 0 Å². The van der Waals surface area contributed by atoms with Gasteiger partial charge in [0.05, 0.1) is 20.7 Å². The minimum atomic E-state index is -0.00137. The zero-order chi connectivity index (χ0) is 9.30. The standard InChI is InChI=1S/C7H5Cl2IO2/c1-12-7-4(9)2-3(8)6(11)5(7)10/h2,11H,1H3. The Labute approximate surface area is 93.6 Å². The smallest absolute Gasteiger partial charge is 0.154 e. The molecule has 66 valence electrons. The van der Waals surface area contributed by atoms with Gasteiger partial charge < -0.3 is 9.84 Å². The van der Waals surface area contributed by atoms with Crippen LogP contribution in [0.4, 0.5) is 0 Å². The van der Waals surface area contributed by atoms with Gasteiger partial charge in [-0.25, -0.2) is 0 Å². The Morgan fingerprint density at radius 3 is 2.50 bits per heavy atom. The SMILES string of the molecule is COc1c(Cl)cc(Cl)c(O)c1I. The molecule has 5 heteroatoms. The van der Waals surface area contributed by atoms with Crippen molar-refractivity contribution in [3.63, 3.8) is 0 Å². The molecule has 0 aliphatic rings. The third-order valence-corrected chi connectivity index (χ3v) is 2.88. The molecule has 0 saturated heterocycles. The van der Waals surface area contributed by atoms with Crippen LogP contribution in [0.3, 0.4) is 0 Å². The molecule has 0 atom stereocenters. The Morgan fingerprint density at radius 2 is 2.00 bits per heavy atom. The molecule has 1 rings (SSSR count). The highest BCUT2D eigenvalue weighted by molar-refractivity contribution is 14.1. The first-order chi connectivity index (χ1) is 5.57. The fourth-order valence-corrected chi connectivity index (χ4v) is 2.41. The van der Waals surface area contributed by atoms with Crippen molar-refractivity contribution in [1.82, 2.24) is 0 Å². The summed E-state index contributed by atoms with van der Waals surface area (Å²) in [6.45, 7) is 0. The predicted molar refractivity (Wildman–Crippen MR) is 57.4 cm³/mol. The molecule has 1 aromatic rings. The van der Waals surface area contributed by atoms with Crippen molar-refractivity contribution in [3.05, 3.63) is 19.7 Å². The van der Waals surface area contributed by atoms with Crippen molar-refractivity contribution in [1.29, 1.82) is 0 Å². The van der Waals surface area contributed by atoms with E-state index in [0.29, 0.717) is 14.3 Å². The second-order valence-corrected chi connectivity index (χ2v) is 3.93. The number of ether oxygens (including phenoxy) is 1. The molecule has 0 amide bonds. The van der Waals surface area contributed by atoms with Crippen molar-refractivity contribution >= 4 is 45.8 Å². The lowest BCUT2D eigenvalue weighted by molar-refractivity contribution is 0.403. The number of methoxy groups -OCH3 is 1. The van der Waals surface area contributed by atoms with Crippen molar-refractivity contribution in [3.8, 4) is 11.5 Å². The second-order valence-electron chi connectivity index (χ2n) is 2.04. The molecule has 0 bridgehead atoms. The molecule has 0 aliphatic carbocycles. The van der Waals surface area contributed by atoms with E-state index in [9.17, 15) is 5.11 Å². The first-order valence-electron chi connectivity index (χ1n) is 2.98. The largest absolute Gasteiger partial charge is 0.505 e. The van der Waals surface area contributed by atoms with Crippen LogP contribution in [-0.2, 0) is 0 Å². The number of phenols is 1. The number of phenolic OH excluding ortho intramolecular Hbond substituents is 1. The van der Waals surface area contributed by atoms with E-state index in [1.165, 1.54) is 13.2 Å². The van der Waals surface area contributed by atoms with Gasteiger partial charge in [-0.05, 0) is 28.7 Å². The van der Waals surface area contributed by atoms with Crippen LogP contribution in [0.25, 0.3) is 0 Å². The van der Waals surface area contributed by atoms with Gasteiger partial charge in [0.25, 0.3) is 0 Å². The fraction of sp³-hybridized carbons (Fsp3) is 0.143. The maximum absolute atomic E-state index is 9.36. The van der Waals surface area contributed by atoms with E-state index in [-0.39, 0.29) is 10.8 Å². The summed E-state index contributed by atoms with van der Waals surface area (Å²) in [5.41, 5.74) is 0. The zero-order valence-corrected chi connectivity index (χ0v) is 9.74. The molecule has 0 aromatic heterocycles. The molecule has 0 heterocycles. The molecule has 1 aromatic carbocycles. The number of halogens is 3. The maximum atomic E-state index is 9.36. The number of rotatable bonds is 1. The van der Waals surface area contributed by atoms with E-state index in [4.69, 9.17) is 27.9 Å². The van der Waals surface area contributed by atoms with E-state index in [1.807, 2.05) is 22.6 Å². The van der Waals surface area contributed by atoms with Crippen LogP contribution < -0.4 is 4.74 Å². The van der Waals surface area contributed by atoms with Gasteiger partial charge in [-0.1, -0.05) is 23.2 Å². The van der Waals surface area contributed by atoms with Gasteiger partial charge in [-0.2, -0.15) is 0 Å². The van der Waals surface area contributed by atoms with Crippen molar-refractivity contribution < 1.29 is 9.84 Å². The average molecular weight is 319 g/mol. The van der Waals surface area contributed by atoms with Crippen LogP contribution in [0.5, 0.6) is 11.5 Å². The molecular formula is C7H5Cl2IO2. The molecule has 0 saturated carbocycles. The summed E-state index contributed by atoms with van der Waals surface area (Å²) in [6.07, 6.45) is 0. The summed E-state index contributed by atoms with van der Waals surface area (Å²) in [7, 11) is 1.48. The monoisotopic (exact) mass is 318 g/mol. The van der Waals surface area contributed by atoms with Gasteiger partial charge >= 0.3 is 0 Å². The number of hydrogen-bond donors (Lipinski definition) is 1. The molecule has 0 spiro atoms. The van der Waals surface area contributed by atoms with Crippen LogP contribution >= 0.6 is 45.8 Å². The van der Waals surface area contributed by atoms with E-state index < -0.39 is 0 Å². The van der Waals surface area contributed by atoms with Gasteiger partial charge in [-0.15, -0.1) is 0 Å². The van der Waals surface area contributed by atoms with E-state index in [2.05, 4.69) is 0 Å². The molecule has 0 aliphatic heterocycles. The Morgan fingerprint density at radius 1 is 1.42 bits per heavy atom. The van der Waals surface area contributed by atoms with Crippen molar-refractivity contribution in [2.75, 3.05) is 7.11 Å². The molecule has 0 fully saturated rings. The minimum absolute atomic E-state index is 0.00137. The molecule has 2 nitrogen and oxygen atoms in total. The van der Waals surface area contributed by atoms with Crippen molar-refractivity contribution in [2.45, 2.75) is 0 Å². The Kier molecular flexibility index (Phi) is 3.31. The summed E-state index contributed by atoms with van der Waals surface area (Å²) in [5.74, 6) is 0.442. The third kappa shape index (κ3) is 1.72. The van der Waals surface area contributed by atoms with Gasteiger partial charge in [0, 0.05) is 0 Å². The Bertz CT molecular complexity index is 315. The minimum Gasteiger partial charge on any atom is -0.505 e. The van der Waals surface area contributed by atoms with Crippen LogP contribution in [0.1, 0.15) is 0 Å². The highest BCUT2D eigenvalue weighted by atomic mass is 127. The second kappa shape index (κ2) is 3.89. The predicted octanol–water partition coefficient (Wildman–Crippen LogP) is 3.31. The first kappa shape index (κ1) is 10.2. The van der Waals surface area contributed by atoms with Crippen LogP contribution in [0, 0.1) is 3.57 Å². The fourth-order valence-electron chi connectivity index (χ4n) is 0.749. The first-order valence-corrected chi connectivity index (χ1v) is 4.81. The normalized spacial score (nSPS) is 10.0. The van der Waals surface area contributed by atoms with Crippen LogP contribution in [-0.4, -0.2) is 12.2 Å². The van der Waals surface area contributed by atoms with Crippen molar-refractivity contribution in [2.24, 2.45) is 0 Å². The molecule has 1 N–H and O–H groups in total.